The minimum atomic E-state index is -3.41. The van der Waals surface area contributed by atoms with E-state index in [4.69, 9.17) is 0 Å². The fourth-order valence-corrected chi connectivity index (χ4v) is 4.12. The third-order valence-electron chi connectivity index (χ3n) is 4.15. The molecule has 2 aromatic carbocycles. The molecule has 25 heavy (non-hydrogen) atoms. The summed E-state index contributed by atoms with van der Waals surface area (Å²) in [6.07, 6.45) is 0. The molecule has 0 fully saturated rings. The fourth-order valence-electron chi connectivity index (χ4n) is 2.66. The highest BCUT2D eigenvalue weighted by molar-refractivity contribution is 7.89. The smallest absolute Gasteiger partial charge is 0.243 e. The summed E-state index contributed by atoms with van der Waals surface area (Å²) in [5, 5.41) is 3.29. The quantitative estimate of drug-likeness (QED) is 0.780. The van der Waals surface area contributed by atoms with Crippen molar-refractivity contribution in [1.82, 2.24) is 9.62 Å². The Labute approximate surface area is 149 Å². The minimum absolute atomic E-state index is 0.200. The topological polar surface area (TPSA) is 49.4 Å². The van der Waals surface area contributed by atoms with E-state index in [2.05, 4.69) is 5.32 Å². The van der Waals surface area contributed by atoms with Gasteiger partial charge in [-0.2, -0.15) is 4.31 Å². The molecule has 0 bridgehead atoms. The van der Waals surface area contributed by atoms with Crippen LogP contribution >= 0.6 is 0 Å². The van der Waals surface area contributed by atoms with Crippen LogP contribution in [-0.4, -0.2) is 25.8 Å². The molecule has 0 aromatic heterocycles. The second-order valence-electron chi connectivity index (χ2n) is 5.92. The van der Waals surface area contributed by atoms with E-state index in [0.29, 0.717) is 36.6 Å². The molecule has 0 heterocycles. The first-order chi connectivity index (χ1) is 11.9. The third-order valence-corrected chi connectivity index (χ3v) is 6.21. The maximum absolute atomic E-state index is 13.3. The standard InChI is InChI=1S/C19H25FN2O2S/c1-4-22(5-2)25(23,24)18-9-6-16(7-10-18)13-21-14-17-8-11-19(20)15(3)12-17/h6-12,21H,4-5,13-14H2,1-3H3. The van der Waals surface area contributed by atoms with Crippen molar-refractivity contribution in [2.75, 3.05) is 13.1 Å². The largest absolute Gasteiger partial charge is 0.309 e. The molecule has 0 aliphatic carbocycles. The molecule has 136 valence electrons. The lowest BCUT2D eigenvalue weighted by Crippen LogP contribution is -2.30. The Morgan fingerprint density at radius 2 is 1.52 bits per heavy atom. The lowest BCUT2D eigenvalue weighted by atomic mass is 10.1. The van der Waals surface area contributed by atoms with Crippen molar-refractivity contribution in [1.29, 1.82) is 0 Å². The van der Waals surface area contributed by atoms with E-state index < -0.39 is 10.0 Å². The zero-order valence-corrected chi connectivity index (χ0v) is 15.7. The molecule has 1 N–H and O–H groups in total. The molecule has 0 spiro atoms. The lowest BCUT2D eigenvalue weighted by molar-refractivity contribution is 0.445. The van der Waals surface area contributed by atoms with Gasteiger partial charge >= 0.3 is 0 Å². The molecule has 0 aliphatic rings. The van der Waals surface area contributed by atoms with Gasteiger partial charge in [0.05, 0.1) is 4.90 Å². The Hall–Kier alpha value is -1.76. The van der Waals surface area contributed by atoms with E-state index in [0.717, 1.165) is 11.1 Å². The van der Waals surface area contributed by atoms with Gasteiger partial charge in [-0.15, -0.1) is 0 Å². The SMILES string of the molecule is CCN(CC)S(=O)(=O)c1ccc(CNCc2ccc(F)c(C)c2)cc1. The van der Waals surface area contributed by atoms with E-state index in [-0.39, 0.29) is 5.82 Å². The van der Waals surface area contributed by atoms with Crippen LogP contribution in [0.1, 0.15) is 30.5 Å². The van der Waals surface area contributed by atoms with Gasteiger partial charge in [0.1, 0.15) is 5.82 Å². The Balaban J connectivity index is 1.97. The average Bonchev–Trinajstić information content (AvgIpc) is 2.59. The Bertz CT molecular complexity index is 801. The van der Waals surface area contributed by atoms with Crippen molar-refractivity contribution in [3.63, 3.8) is 0 Å². The van der Waals surface area contributed by atoms with Crippen LogP contribution in [0.15, 0.2) is 47.4 Å². The van der Waals surface area contributed by atoms with Gasteiger partial charge in [-0.3, -0.25) is 0 Å². The summed E-state index contributed by atoms with van der Waals surface area (Å²) in [6.45, 7) is 7.56. The summed E-state index contributed by atoms with van der Waals surface area (Å²) in [6, 6.07) is 12.0. The van der Waals surface area contributed by atoms with E-state index in [1.165, 1.54) is 10.4 Å². The van der Waals surface area contributed by atoms with Crippen molar-refractivity contribution >= 4 is 10.0 Å². The van der Waals surface area contributed by atoms with E-state index in [1.807, 2.05) is 32.0 Å². The molecule has 0 unspecified atom stereocenters. The molecule has 0 saturated carbocycles. The molecule has 2 rings (SSSR count). The highest BCUT2D eigenvalue weighted by Gasteiger charge is 2.20. The molecule has 4 nitrogen and oxygen atoms in total. The summed E-state index contributed by atoms with van der Waals surface area (Å²) in [7, 11) is -3.41. The van der Waals surface area contributed by atoms with Gasteiger partial charge in [-0.25, -0.2) is 12.8 Å². The number of nitrogens with one attached hydrogen (secondary N) is 1. The molecule has 2 aromatic rings. The predicted molar refractivity (Wildman–Crippen MR) is 98.2 cm³/mol. The average molecular weight is 364 g/mol. The Morgan fingerprint density at radius 1 is 0.960 bits per heavy atom. The first kappa shape index (κ1) is 19.6. The van der Waals surface area contributed by atoms with Gasteiger partial charge in [-0.05, 0) is 41.8 Å². The molecule has 0 saturated heterocycles. The number of halogens is 1. The zero-order chi connectivity index (χ0) is 18.4. The summed E-state index contributed by atoms with van der Waals surface area (Å²) in [4.78, 5) is 0.314. The van der Waals surface area contributed by atoms with Gasteiger partial charge in [0.25, 0.3) is 0 Å². The van der Waals surface area contributed by atoms with E-state index in [1.54, 1.807) is 25.1 Å². The molecule has 6 heteroatoms. The number of nitrogens with zero attached hydrogens (tertiary/aromatic N) is 1. The first-order valence-electron chi connectivity index (χ1n) is 8.43. The highest BCUT2D eigenvalue weighted by atomic mass is 32.2. The normalized spacial score (nSPS) is 11.9. The van der Waals surface area contributed by atoms with Crippen LogP contribution in [-0.2, 0) is 23.1 Å². The minimum Gasteiger partial charge on any atom is -0.309 e. The van der Waals surface area contributed by atoms with Gasteiger partial charge in [0.15, 0.2) is 0 Å². The van der Waals surface area contributed by atoms with Gasteiger partial charge in [-0.1, -0.05) is 38.1 Å². The molecular formula is C19H25FN2O2S. The summed E-state index contributed by atoms with van der Waals surface area (Å²) in [5.41, 5.74) is 2.64. The van der Waals surface area contributed by atoms with Crippen LogP contribution in [0.3, 0.4) is 0 Å². The van der Waals surface area contributed by atoms with Crippen LogP contribution in [0.2, 0.25) is 0 Å². The van der Waals surface area contributed by atoms with E-state index >= 15 is 0 Å². The van der Waals surface area contributed by atoms with Crippen LogP contribution in [0.25, 0.3) is 0 Å². The van der Waals surface area contributed by atoms with Crippen molar-refractivity contribution in [3.05, 3.63) is 65.0 Å². The first-order valence-corrected chi connectivity index (χ1v) is 9.87. The van der Waals surface area contributed by atoms with E-state index in [9.17, 15) is 12.8 Å². The Morgan fingerprint density at radius 3 is 2.08 bits per heavy atom. The number of benzene rings is 2. The molecule has 0 aliphatic heterocycles. The number of rotatable bonds is 8. The number of sulfonamides is 1. The van der Waals surface area contributed by atoms with Crippen molar-refractivity contribution in [2.45, 2.75) is 38.8 Å². The molecule has 0 atom stereocenters. The number of aryl methyl sites for hydroxylation is 1. The molecular weight excluding hydrogens is 339 g/mol. The van der Waals surface area contributed by atoms with Crippen molar-refractivity contribution in [3.8, 4) is 0 Å². The lowest BCUT2D eigenvalue weighted by Gasteiger charge is -2.18. The zero-order valence-electron chi connectivity index (χ0n) is 14.9. The second kappa shape index (κ2) is 8.56. The number of hydrogen-bond donors (Lipinski definition) is 1. The van der Waals surface area contributed by atoms with Crippen LogP contribution in [0, 0.1) is 12.7 Å². The van der Waals surface area contributed by atoms with Gasteiger partial charge in [0.2, 0.25) is 10.0 Å². The number of hydrogen-bond acceptors (Lipinski definition) is 3. The Kier molecular flexibility index (Phi) is 6.70. The van der Waals surface area contributed by atoms with Crippen LogP contribution < -0.4 is 5.32 Å². The van der Waals surface area contributed by atoms with Crippen LogP contribution in [0.4, 0.5) is 4.39 Å². The van der Waals surface area contributed by atoms with Gasteiger partial charge < -0.3 is 5.32 Å². The predicted octanol–water partition coefficient (Wildman–Crippen LogP) is 3.45. The van der Waals surface area contributed by atoms with Gasteiger partial charge in [0, 0.05) is 26.2 Å². The second-order valence-corrected chi connectivity index (χ2v) is 7.86. The maximum atomic E-state index is 13.3. The summed E-state index contributed by atoms with van der Waals surface area (Å²) in [5.74, 6) is -0.200. The molecule has 0 radical (unpaired) electrons. The fraction of sp³-hybridized carbons (Fsp3) is 0.368. The highest BCUT2D eigenvalue weighted by Crippen LogP contribution is 2.16. The van der Waals surface area contributed by atoms with Crippen molar-refractivity contribution < 1.29 is 12.8 Å². The van der Waals surface area contributed by atoms with Crippen molar-refractivity contribution in [2.24, 2.45) is 0 Å². The monoisotopic (exact) mass is 364 g/mol. The maximum Gasteiger partial charge on any atom is 0.243 e. The summed E-state index contributed by atoms with van der Waals surface area (Å²) >= 11 is 0. The third kappa shape index (κ3) is 4.87. The molecule has 0 amide bonds. The van der Waals surface area contributed by atoms with Crippen LogP contribution in [0.5, 0.6) is 0 Å². The summed E-state index contributed by atoms with van der Waals surface area (Å²) < 4.78 is 39.6.